The third-order valence-electron chi connectivity index (χ3n) is 4.49. The number of rotatable bonds is 5. The summed E-state index contributed by atoms with van der Waals surface area (Å²) in [6, 6.07) is 25.3. The van der Waals surface area contributed by atoms with Crippen molar-refractivity contribution in [3.63, 3.8) is 0 Å². The highest BCUT2D eigenvalue weighted by atomic mass is 127. The van der Waals surface area contributed by atoms with Crippen molar-refractivity contribution in [2.45, 2.75) is 23.6 Å². The molecule has 1 aromatic heterocycles. The summed E-state index contributed by atoms with van der Waals surface area (Å²) in [4.78, 5) is 14.9. The van der Waals surface area contributed by atoms with E-state index in [9.17, 15) is 4.79 Å². The van der Waals surface area contributed by atoms with Crippen LogP contribution in [0.4, 0.5) is 0 Å². The van der Waals surface area contributed by atoms with Gasteiger partial charge in [0, 0.05) is 8.47 Å². The van der Waals surface area contributed by atoms with E-state index in [-0.39, 0.29) is 0 Å². The van der Waals surface area contributed by atoms with Crippen LogP contribution < -0.4 is 4.74 Å². The second kappa shape index (κ2) is 9.06. The van der Waals surface area contributed by atoms with Crippen LogP contribution in [-0.2, 0) is 0 Å². The van der Waals surface area contributed by atoms with E-state index in [4.69, 9.17) is 4.74 Å². The van der Waals surface area contributed by atoms with Crippen LogP contribution in [-0.4, -0.2) is 15.7 Å². The first-order chi connectivity index (χ1) is 14.5. The predicted octanol–water partition coefficient (Wildman–Crippen LogP) is 6.46. The Balaban J connectivity index is 1.78. The van der Waals surface area contributed by atoms with Crippen LogP contribution in [0.25, 0.3) is 5.69 Å². The number of carbonyl (C=O) groups excluding carboxylic acids is 1. The van der Waals surface area contributed by atoms with Crippen molar-refractivity contribution in [3.05, 3.63) is 99.3 Å². The van der Waals surface area contributed by atoms with E-state index in [1.54, 1.807) is 22.5 Å². The molecule has 4 aromatic rings. The zero-order valence-corrected chi connectivity index (χ0v) is 19.5. The number of halogens is 1. The molecule has 0 aliphatic carbocycles. The molecule has 0 N–H and O–H groups in total. The van der Waals surface area contributed by atoms with Crippen molar-refractivity contribution >= 4 is 40.3 Å². The number of aryl methyl sites for hydroxylation is 2. The number of benzene rings is 3. The molecule has 0 fully saturated rings. The van der Waals surface area contributed by atoms with Crippen molar-refractivity contribution in [1.29, 1.82) is 0 Å². The minimum absolute atomic E-state index is 0.400. The van der Waals surface area contributed by atoms with Crippen molar-refractivity contribution in [1.82, 2.24) is 9.78 Å². The van der Waals surface area contributed by atoms with Gasteiger partial charge in [0.2, 0.25) is 5.88 Å². The quantitative estimate of drug-likeness (QED) is 0.221. The molecular weight excluding hydrogens is 507 g/mol. The maximum absolute atomic E-state index is 13.0. The lowest BCUT2D eigenvalue weighted by molar-refractivity contribution is 0.0717. The van der Waals surface area contributed by atoms with Gasteiger partial charge in [0.25, 0.3) is 0 Å². The third kappa shape index (κ3) is 4.44. The van der Waals surface area contributed by atoms with Gasteiger partial charge in [0.1, 0.15) is 0 Å². The zero-order valence-electron chi connectivity index (χ0n) is 16.5. The number of para-hydroxylation sites is 1. The number of hydrogen-bond acceptors (Lipinski definition) is 4. The molecule has 3 aromatic carbocycles. The molecule has 0 saturated heterocycles. The minimum atomic E-state index is -0.400. The van der Waals surface area contributed by atoms with E-state index >= 15 is 0 Å². The van der Waals surface area contributed by atoms with Gasteiger partial charge in [-0.05, 0) is 72.8 Å². The van der Waals surface area contributed by atoms with Crippen LogP contribution >= 0.6 is 34.4 Å². The van der Waals surface area contributed by atoms with E-state index < -0.39 is 5.97 Å². The van der Waals surface area contributed by atoms with Gasteiger partial charge in [-0.2, -0.15) is 9.78 Å². The van der Waals surface area contributed by atoms with Crippen LogP contribution in [0.1, 0.15) is 21.6 Å². The number of ether oxygens (including phenoxy) is 1. The zero-order chi connectivity index (χ0) is 21.1. The fourth-order valence-corrected chi connectivity index (χ4v) is 4.46. The van der Waals surface area contributed by atoms with E-state index in [2.05, 4.69) is 58.9 Å². The van der Waals surface area contributed by atoms with Crippen molar-refractivity contribution in [3.8, 4) is 11.6 Å². The average molecular weight is 526 g/mol. The lowest BCUT2D eigenvalue weighted by Gasteiger charge is -2.11. The first-order valence-electron chi connectivity index (χ1n) is 9.39. The van der Waals surface area contributed by atoms with Crippen LogP contribution in [0, 0.1) is 17.4 Å². The maximum Gasteiger partial charge on any atom is 0.345 e. The summed E-state index contributed by atoms with van der Waals surface area (Å²) in [6.07, 6.45) is 0. The highest BCUT2D eigenvalue weighted by Gasteiger charge is 2.23. The molecule has 4 rings (SSSR count). The van der Waals surface area contributed by atoms with Gasteiger partial charge >= 0.3 is 5.97 Å². The Labute approximate surface area is 193 Å². The standard InChI is InChI=1S/C24H19IN2O2S/c1-16-12-14-19(15-13-16)30-22-17(2)26-27(18-8-4-3-5-9-18)23(22)29-24(28)20-10-6-7-11-21(20)25/h3-15H,1-2H3. The summed E-state index contributed by atoms with van der Waals surface area (Å²) >= 11 is 3.69. The number of esters is 1. The van der Waals surface area contributed by atoms with Crippen molar-refractivity contribution < 1.29 is 9.53 Å². The highest BCUT2D eigenvalue weighted by molar-refractivity contribution is 14.1. The Morgan fingerprint density at radius 1 is 0.933 bits per heavy atom. The highest BCUT2D eigenvalue weighted by Crippen LogP contribution is 2.39. The van der Waals surface area contributed by atoms with Gasteiger partial charge in [0.05, 0.1) is 21.8 Å². The molecule has 1 heterocycles. The van der Waals surface area contributed by atoms with E-state index in [1.807, 2.05) is 55.5 Å². The SMILES string of the molecule is Cc1ccc(Sc2c(C)nn(-c3ccccc3)c2OC(=O)c2ccccc2I)cc1. The molecule has 0 aliphatic heterocycles. The fraction of sp³-hybridized carbons (Fsp3) is 0.0833. The summed E-state index contributed by atoms with van der Waals surface area (Å²) in [5.41, 5.74) is 3.36. The molecule has 0 unspecified atom stereocenters. The largest absolute Gasteiger partial charge is 0.402 e. The fourth-order valence-electron chi connectivity index (χ4n) is 2.94. The Bertz CT molecular complexity index is 1190. The summed E-state index contributed by atoms with van der Waals surface area (Å²) in [5, 5.41) is 4.68. The van der Waals surface area contributed by atoms with Crippen LogP contribution in [0.2, 0.25) is 0 Å². The lowest BCUT2D eigenvalue weighted by Crippen LogP contribution is -2.13. The first-order valence-corrected chi connectivity index (χ1v) is 11.3. The molecule has 0 saturated carbocycles. The van der Waals surface area contributed by atoms with Gasteiger partial charge in [-0.1, -0.05) is 59.8 Å². The Kier molecular flexibility index (Phi) is 6.24. The van der Waals surface area contributed by atoms with Crippen LogP contribution in [0.5, 0.6) is 5.88 Å². The summed E-state index contributed by atoms with van der Waals surface area (Å²) in [6.45, 7) is 3.99. The number of aromatic nitrogens is 2. The van der Waals surface area contributed by atoms with Gasteiger partial charge in [0.15, 0.2) is 0 Å². The monoisotopic (exact) mass is 526 g/mol. The molecule has 4 nitrogen and oxygen atoms in total. The van der Waals surface area contributed by atoms with E-state index in [1.165, 1.54) is 5.56 Å². The molecule has 0 radical (unpaired) electrons. The first kappa shape index (κ1) is 20.7. The van der Waals surface area contributed by atoms with Crippen molar-refractivity contribution in [2.75, 3.05) is 0 Å². The van der Waals surface area contributed by atoms with Crippen molar-refractivity contribution in [2.24, 2.45) is 0 Å². The maximum atomic E-state index is 13.0. The van der Waals surface area contributed by atoms with E-state index in [0.717, 1.165) is 24.7 Å². The Morgan fingerprint density at radius 2 is 1.60 bits per heavy atom. The number of nitrogens with zero attached hydrogens (tertiary/aromatic N) is 2. The van der Waals surface area contributed by atoms with Crippen LogP contribution in [0.3, 0.4) is 0 Å². The van der Waals surface area contributed by atoms with Gasteiger partial charge in [-0.3, -0.25) is 0 Å². The molecule has 6 heteroatoms. The lowest BCUT2D eigenvalue weighted by atomic mass is 10.2. The predicted molar refractivity (Wildman–Crippen MR) is 128 cm³/mol. The smallest absolute Gasteiger partial charge is 0.345 e. The average Bonchev–Trinajstić information content (AvgIpc) is 3.06. The van der Waals surface area contributed by atoms with E-state index in [0.29, 0.717) is 11.4 Å². The second-order valence-corrected chi connectivity index (χ2v) is 9.00. The molecule has 0 bridgehead atoms. The molecule has 0 spiro atoms. The number of carbonyl (C=O) groups is 1. The molecular formula is C24H19IN2O2S. The molecule has 0 atom stereocenters. The number of hydrogen-bond donors (Lipinski definition) is 0. The molecule has 0 aliphatic rings. The Morgan fingerprint density at radius 3 is 2.30 bits per heavy atom. The Hall–Kier alpha value is -2.58. The van der Waals surface area contributed by atoms with Gasteiger partial charge in [-0.25, -0.2) is 4.79 Å². The topological polar surface area (TPSA) is 44.1 Å². The molecule has 30 heavy (non-hydrogen) atoms. The van der Waals surface area contributed by atoms with Gasteiger partial charge in [-0.15, -0.1) is 0 Å². The molecule has 150 valence electrons. The van der Waals surface area contributed by atoms with Gasteiger partial charge < -0.3 is 4.74 Å². The third-order valence-corrected chi connectivity index (χ3v) is 6.61. The minimum Gasteiger partial charge on any atom is -0.402 e. The summed E-state index contributed by atoms with van der Waals surface area (Å²) in [7, 11) is 0. The normalized spacial score (nSPS) is 10.8. The molecule has 0 amide bonds. The van der Waals surface area contributed by atoms with Crippen LogP contribution in [0.15, 0.2) is 88.7 Å². The second-order valence-electron chi connectivity index (χ2n) is 6.75. The summed E-state index contributed by atoms with van der Waals surface area (Å²) < 4.78 is 8.49. The summed E-state index contributed by atoms with van der Waals surface area (Å²) in [5.74, 6) is 0.0248.